The molecule has 1 aliphatic heterocycles. The predicted octanol–water partition coefficient (Wildman–Crippen LogP) is 6.25. The number of hydrogen-bond acceptors (Lipinski definition) is 7. The Morgan fingerprint density at radius 3 is 2.09 bits per heavy atom. The monoisotopic (exact) mass is 472 g/mol. The Labute approximate surface area is 202 Å². The molecular weight excluding hydrogens is 448 g/mol. The minimum atomic E-state index is -0.482. The lowest BCUT2D eigenvalue weighted by Gasteiger charge is -2.26. The highest BCUT2D eigenvalue weighted by molar-refractivity contribution is 6.14. The van der Waals surface area contributed by atoms with Crippen molar-refractivity contribution in [3.8, 4) is 45.6 Å². The van der Waals surface area contributed by atoms with Crippen molar-refractivity contribution in [2.45, 2.75) is 27.7 Å². The Morgan fingerprint density at radius 1 is 0.714 bits per heavy atom. The number of benzene rings is 4. The average molecular weight is 472 g/mol. The number of rotatable bonds is 4. The third-order valence-electron chi connectivity index (χ3n) is 6.13. The number of carbonyl (C=O) groups excluding carboxylic acids is 2. The van der Waals surface area contributed by atoms with Gasteiger partial charge in [-0.1, -0.05) is 0 Å². The van der Waals surface area contributed by atoms with Crippen LogP contribution in [0.5, 0.6) is 34.5 Å². The number of ether oxygens (including phenoxy) is 5. The number of hydrogen-bond donors (Lipinski definition) is 0. The van der Waals surface area contributed by atoms with Crippen LogP contribution in [0, 0.1) is 13.8 Å². The molecule has 0 aliphatic carbocycles. The Morgan fingerprint density at radius 2 is 1.43 bits per heavy atom. The second kappa shape index (κ2) is 8.20. The maximum atomic E-state index is 11.9. The normalized spacial score (nSPS) is 11.6. The summed E-state index contributed by atoms with van der Waals surface area (Å²) in [5.74, 6) is 2.30. The van der Waals surface area contributed by atoms with Crippen molar-refractivity contribution in [2.24, 2.45) is 0 Å². The van der Waals surface area contributed by atoms with Gasteiger partial charge in [0.25, 0.3) is 0 Å². The van der Waals surface area contributed by atoms with Gasteiger partial charge in [0.05, 0.1) is 19.6 Å². The van der Waals surface area contributed by atoms with Gasteiger partial charge in [-0.15, -0.1) is 0 Å². The highest BCUT2D eigenvalue weighted by atomic mass is 16.5. The average Bonchev–Trinajstić information content (AvgIpc) is 2.80. The first-order valence-corrected chi connectivity index (χ1v) is 11.1. The Bertz CT molecular complexity index is 1570. The summed E-state index contributed by atoms with van der Waals surface area (Å²) < 4.78 is 28.9. The fraction of sp³-hybridized carbons (Fsp3) is 0.214. The quantitative estimate of drug-likeness (QED) is 0.226. The molecule has 178 valence electrons. The summed E-state index contributed by atoms with van der Waals surface area (Å²) in [7, 11) is 3.26. The number of carbonyl (C=O) groups is 2. The zero-order valence-corrected chi connectivity index (χ0v) is 20.3. The van der Waals surface area contributed by atoms with Gasteiger partial charge in [-0.25, -0.2) is 0 Å². The molecule has 0 fully saturated rings. The van der Waals surface area contributed by atoms with Crippen molar-refractivity contribution in [1.82, 2.24) is 0 Å². The van der Waals surface area contributed by atoms with Crippen LogP contribution in [0.4, 0.5) is 0 Å². The van der Waals surface area contributed by atoms with E-state index in [0.29, 0.717) is 39.3 Å². The lowest BCUT2D eigenvalue weighted by atomic mass is 9.90. The molecule has 1 heterocycles. The van der Waals surface area contributed by atoms with E-state index in [9.17, 15) is 9.59 Å². The van der Waals surface area contributed by atoms with E-state index in [0.717, 1.165) is 33.2 Å². The molecule has 4 aromatic carbocycles. The van der Waals surface area contributed by atoms with Crippen molar-refractivity contribution >= 4 is 33.5 Å². The van der Waals surface area contributed by atoms with Gasteiger partial charge >= 0.3 is 11.9 Å². The highest BCUT2D eigenvalue weighted by Crippen LogP contribution is 2.55. The van der Waals surface area contributed by atoms with Crippen LogP contribution in [-0.2, 0) is 9.59 Å². The summed E-state index contributed by atoms with van der Waals surface area (Å²) in [6.45, 7) is 6.45. The third-order valence-corrected chi connectivity index (χ3v) is 6.13. The molecule has 0 saturated heterocycles. The molecule has 0 N–H and O–H groups in total. The predicted molar refractivity (Wildman–Crippen MR) is 132 cm³/mol. The van der Waals surface area contributed by atoms with E-state index in [1.165, 1.54) is 13.8 Å². The Kier molecular flexibility index (Phi) is 5.28. The number of fused-ring (bicyclic) bond motifs is 4. The fourth-order valence-electron chi connectivity index (χ4n) is 4.72. The molecule has 0 radical (unpaired) electrons. The van der Waals surface area contributed by atoms with Crippen LogP contribution < -0.4 is 23.7 Å². The molecular formula is C28H24O7. The zero-order chi connectivity index (χ0) is 25.0. The molecule has 0 amide bonds. The lowest BCUT2D eigenvalue weighted by molar-refractivity contribution is -0.132. The number of methoxy groups -OCH3 is 2. The van der Waals surface area contributed by atoms with E-state index in [1.54, 1.807) is 20.3 Å². The van der Waals surface area contributed by atoms with Gasteiger partial charge in [-0.05, 0) is 66.9 Å². The van der Waals surface area contributed by atoms with Crippen molar-refractivity contribution < 1.29 is 33.3 Å². The number of esters is 2. The van der Waals surface area contributed by atoms with Crippen molar-refractivity contribution in [3.63, 3.8) is 0 Å². The fourth-order valence-corrected chi connectivity index (χ4v) is 4.72. The molecule has 7 nitrogen and oxygen atoms in total. The van der Waals surface area contributed by atoms with E-state index < -0.39 is 11.9 Å². The van der Waals surface area contributed by atoms with Gasteiger partial charge in [-0.3, -0.25) is 9.59 Å². The van der Waals surface area contributed by atoms with Crippen LogP contribution >= 0.6 is 0 Å². The molecule has 5 rings (SSSR count). The van der Waals surface area contributed by atoms with Gasteiger partial charge < -0.3 is 23.7 Å². The molecule has 1 aliphatic rings. The largest absolute Gasteiger partial charge is 0.496 e. The van der Waals surface area contributed by atoms with E-state index in [1.807, 2.05) is 44.2 Å². The van der Waals surface area contributed by atoms with Gasteiger partial charge in [0, 0.05) is 35.6 Å². The molecule has 0 bridgehead atoms. The van der Waals surface area contributed by atoms with Crippen molar-refractivity contribution in [2.75, 3.05) is 14.2 Å². The second-order valence-electron chi connectivity index (χ2n) is 8.49. The minimum Gasteiger partial charge on any atom is -0.496 e. The summed E-state index contributed by atoms with van der Waals surface area (Å²) in [5, 5.41) is 2.91. The van der Waals surface area contributed by atoms with E-state index in [2.05, 4.69) is 0 Å². The maximum Gasteiger partial charge on any atom is 0.308 e. The summed E-state index contributed by atoms with van der Waals surface area (Å²) in [6.07, 6.45) is 0. The first kappa shape index (κ1) is 22.5. The first-order chi connectivity index (χ1) is 16.7. The van der Waals surface area contributed by atoms with E-state index in [-0.39, 0.29) is 5.75 Å². The van der Waals surface area contributed by atoms with Gasteiger partial charge in [-0.2, -0.15) is 0 Å². The smallest absolute Gasteiger partial charge is 0.308 e. The summed E-state index contributed by atoms with van der Waals surface area (Å²) >= 11 is 0. The molecule has 0 atom stereocenters. The topological polar surface area (TPSA) is 80.3 Å². The van der Waals surface area contributed by atoms with Gasteiger partial charge in [0.1, 0.15) is 34.5 Å². The van der Waals surface area contributed by atoms with E-state index in [4.69, 9.17) is 23.7 Å². The molecule has 35 heavy (non-hydrogen) atoms. The second-order valence-corrected chi connectivity index (χ2v) is 8.49. The molecule has 0 aromatic heterocycles. The minimum absolute atomic E-state index is 0.287. The highest BCUT2D eigenvalue weighted by Gasteiger charge is 2.29. The molecule has 4 aromatic rings. The molecule has 0 spiro atoms. The standard InChI is InChI=1S/C28H24O7/c1-13-9-18-20(11-22(13)31-5)28-19(12-23(18)32-6)17-7-8-21(33-15(3)29)26-25(17)24(35-28)10-14(2)27(26)34-16(4)30/h7-12H,1-6H3. The van der Waals surface area contributed by atoms with Gasteiger partial charge in [0.15, 0.2) is 0 Å². The Hall–Kier alpha value is -4.26. The van der Waals surface area contributed by atoms with Crippen molar-refractivity contribution in [1.29, 1.82) is 0 Å². The third kappa shape index (κ3) is 3.51. The summed E-state index contributed by atoms with van der Waals surface area (Å²) in [6, 6.07) is 11.3. The Balaban J connectivity index is 1.91. The van der Waals surface area contributed by atoms with Crippen LogP contribution in [-0.4, -0.2) is 26.2 Å². The van der Waals surface area contributed by atoms with Crippen LogP contribution in [0.2, 0.25) is 0 Å². The van der Waals surface area contributed by atoms with Crippen LogP contribution in [0.25, 0.3) is 32.7 Å². The molecule has 7 heteroatoms. The van der Waals surface area contributed by atoms with Crippen LogP contribution in [0.3, 0.4) is 0 Å². The van der Waals surface area contributed by atoms with Gasteiger partial charge in [0.2, 0.25) is 0 Å². The number of aryl methyl sites for hydroxylation is 2. The zero-order valence-electron chi connectivity index (χ0n) is 20.3. The maximum absolute atomic E-state index is 11.9. The van der Waals surface area contributed by atoms with Crippen LogP contribution in [0.1, 0.15) is 25.0 Å². The van der Waals surface area contributed by atoms with Crippen LogP contribution in [0.15, 0.2) is 36.4 Å². The lowest BCUT2D eigenvalue weighted by Crippen LogP contribution is -2.08. The summed E-state index contributed by atoms with van der Waals surface area (Å²) in [5.41, 5.74) is 3.28. The van der Waals surface area contributed by atoms with Crippen molar-refractivity contribution in [3.05, 3.63) is 47.5 Å². The molecule has 0 unspecified atom stereocenters. The molecule has 0 saturated carbocycles. The first-order valence-electron chi connectivity index (χ1n) is 11.1. The SMILES string of the molecule is COc1cc2c3c(cc(OC)c2cc1C)-c1ccc(OC(C)=O)c2c(OC(C)=O)c(C)cc(c12)O3. The van der Waals surface area contributed by atoms with E-state index >= 15 is 0 Å². The summed E-state index contributed by atoms with van der Waals surface area (Å²) in [4.78, 5) is 23.8.